The number of benzene rings is 1. The molecular weight excluding hydrogens is 528 g/mol. The molecule has 0 aliphatic carbocycles. The molecule has 0 radical (unpaired) electrons. The van der Waals surface area contributed by atoms with Crippen molar-refractivity contribution >= 4 is 11.9 Å². The Morgan fingerprint density at radius 3 is 2.40 bits per heavy atom. The third-order valence-corrected chi connectivity index (χ3v) is 9.00. The summed E-state index contributed by atoms with van der Waals surface area (Å²) in [6.45, 7) is 7.67. The lowest BCUT2D eigenvalue weighted by molar-refractivity contribution is 0.0358. The van der Waals surface area contributed by atoms with Crippen LogP contribution >= 0.6 is 0 Å². The lowest BCUT2D eigenvalue weighted by Gasteiger charge is -2.45. The summed E-state index contributed by atoms with van der Waals surface area (Å²) in [5.74, 6) is 1.71. The van der Waals surface area contributed by atoms with Gasteiger partial charge in [0.15, 0.2) is 0 Å². The second-order valence-corrected chi connectivity index (χ2v) is 11.9. The largest absolute Gasteiger partial charge is 0.492 e. The van der Waals surface area contributed by atoms with Crippen molar-refractivity contribution in [3.63, 3.8) is 0 Å². The quantitative estimate of drug-likeness (QED) is 0.461. The standard InChI is InChI=1S/C33H42N6O3/c40-31(28-23-35-32(36-24-28)39-18-20-41-21-19-39)38-15-12-33(13-16-38)11-5-3-8-27-7-1-2-10-30(27)42-22-17-37(26-33)25-29-9-4-6-14-34-29/h1-2,4,6-7,9-10,14,23-24H,3,5,8,11-13,15-22,25-26H2. The van der Waals surface area contributed by atoms with Crippen LogP contribution in [-0.4, -0.2) is 89.7 Å². The molecule has 2 fully saturated rings. The Morgan fingerprint density at radius 2 is 1.62 bits per heavy atom. The van der Waals surface area contributed by atoms with E-state index in [0.717, 1.165) is 95.8 Å². The van der Waals surface area contributed by atoms with E-state index in [0.29, 0.717) is 31.3 Å². The van der Waals surface area contributed by atoms with Crippen LogP contribution in [0.15, 0.2) is 61.1 Å². The molecule has 0 unspecified atom stereocenters. The van der Waals surface area contributed by atoms with E-state index in [2.05, 4.69) is 61.1 Å². The van der Waals surface area contributed by atoms with Gasteiger partial charge in [-0.15, -0.1) is 0 Å². The van der Waals surface area contributed by atoms with Gasteiger partial charge in [0.1, 0.15) is 12.4 Å². The van der Waals surface area contributed by atoms with E-state index in [1.165, 1.54) is 5.56 Å². The first kappa shape index (κ1) is 28.6. The third kappa shape index (κ3) is 7.07. The van der Waals surface area contributed by atoms with Gasteiger partial charge in [-0.25, -0.2) is 9.97 Å². The molecule has 5 heterocycles. The average Bonchev–Trinajstić information content (AvgIpc) is 3.04. The molecule has 9 heteroatoms. The monoisotopic (exact) mass is 570 g/mol. The number of carbonyl (C=O) groups is 1. The number of anilines is 1. The number of likely N-dealkylation sites (tertiary alicyclic amines) is 1. The summed E-state index contributed by atoms with van der Waals surface area (Å²) in [6.07, 6.45) is 11.7. The van der Waals surface area contributed by atoms with Crippen LogP contribution in [0.1, 0.15) is 53.7 Å². The lowest BCUT2D eigenvalue weighted by atomic mass is 9.73. The predicted octanol–water partition coefficient (Wildman–Crippen LogP) is 4.24. The molecule has 1 amide bonds. The summed E-state index contributed by atoms with van der Waals surface area (Å²) in [4.78, 5) is 33.7. The molecule has 3 aliphatic heterocycles. The van der Waals surface area contributed by atoms with Crippen molar-refractivity contribution in [3.05, 3.63) is 77.9 Å². The number of hydrogen-bond donors (Lipinski definition) is 0. The van der Waals surface area contributed by atoms with Crippen molar-refractivity contribution in [2.75, 3.05) is 64.0 Å². The third-order valence-electron chi connectivity index (χ3n) is 9.00. The van der Waals surface area contributed by atoms with Crippen molar-refractivity contribution in [2.45, 2.75) is 45.1 Å². The van der Waals surface area contributed by atoms with Crippen LogP contribution in [0.2, 0.25) is 0 Å². The number of fused-ring (bicyclic) bond motifs is 1. The Morgan fingerprint density at radius 1 is 0.833 bits per heavy atom. The zero-order chi connectivity index (χ0) is 28.6. The molecule has 6 rings (SSSR count). The first-order chi connectivity index (χ1) is 20.7. The van der Waals surface area contributed by atoms with E-state index in [1.807, 2.05) is 17.2 Å². The van der Waals surface area contributed by atoms with Crippen molar-refractivity contribution in [1.29, 1.82) is 0 Å². The maximum Gasteiger partial charge on any atom is 0.256 e. The maximum absolute atomic E-state index is 13.5. The summed E-state index contributed by atoms with van der Waals surface area (Å²) >= 11 is 0. The fourth-order valence-corrected chi connectivity index (χ4v) is 6.57. The van der Waals surface area contributed by atoms with Crippen molar-refractivity contribution in [2.24, 2.45) is 5.41 Å². The summed E-state index contributed by atoms with van der Waals surface area (Å²) in [5, 5.41) is 0. The number of piperidine rings is 1. The molecule has 1 aromatic carbocycles. The van der Waals surface area contributed by atoms with Crippen LogP contribution in [0.3, 0.4) is 0 Å². The van der Waals surface area contributed by atoms with Crippen LogP contribution in [-0.2, 0) is 17.7 Å². The van der Waals surface area contributed by atoms with E-state index in [-0.39, 0.29) is 11.3 Å². The van der Waals surface area contributed by atoms with Gasteiger partial charge in [-0.1, -0.05) is 30.7 Å². The molecule has 222 valence electrons. The smallest absolute Gasteiger partial charge is 0.256 e. The highest BCUT2D eigenvalue weighted by Crippen LogP contribution is 2.39. The maximum atomic E-state index is 13.5. The molecule has 0 bridgehead atoms. The topological polar surface area (TPSA) is 83.9 Å². The average molecular weight is 571 g/mol. The lowest BCUT2D eigenvalue weighted by Crippen LogP contribution is -2.48. The number of rotatable bonds is 4. The number of pyridine rings is 1. The number of aromatic nitrogens is 3. The molecule has 2 saturated heterocycles. The van der Waals surface area contributed by atoms with Crippen LogP contribution in [0.4, 0.5) is 5.95 Å². The van der Waals surface area contributed by atoms with Crippen LogP contribution in [0, 0.1) is 5.41 Å². The fraction of sp³-hybridized carbons (Fsp3) is 0.515. The highest BCUT2D eigenvalue weighted by Gasteiger charge is 2.37. The molecule has 0 saturated carbocycles. The van der Waals surface area contributed by atoms with Crippen molar-refractivity contribution in [3.8, 4) is 5.75 Å². The molecular formula is C33H42N6O3. The van der Waals surface area contributed by atoms with Gasteiger partial charge in [0.05, 0.1) is 24.5 Å². The minimum atomic E-state index is 0.0295. The first-order valence-corrected chi connectivity index (χ1v) is 15.4. The van der Waals surface area contributed by atoms with E-state index in [1.54, 1.807) is 12.4 Å². The molecule has 1 spiro atoms. The van der Waals surface area contributed by atoms with E-state index < -0.39 is 0 Å². The van der Waals surface area contributed by atoms with Gasteiger partial charge >= 0.3 is 0 Å². The van der Waals surface area contributed by atoms with Crippen molar-refractivity contribution in [1.82, 2.24) is 24.8 Å². The second kappa shape index (κ2) is 13.6. The van der Waals surface area contributed by atoms with Gasteiger partial charge in [-0.3, -0.25) is 14.7 Å². The number of carbonyl (C=O) groups excluding carboxylic acids is 1. The van der Waals surface area contributed by atoms with Gasteiger partial charge in [0, 0.05) is 64.4 Å². The predicted molar refractivity (Wildman–Crippen MR) is 162 cm³/mol. The highest BCUT2D eigenvalue weighted by molar-refractivity contribution is 5.93. The van der Waals surface area contributed by atoms with Gasteiger partial charge in [-0.05, 0) is 61.3 Å². The molecule has 0 N–H and O–H groups in total. The van der Waals surface area contributed by atoms with Crippen LogP contribution in [0.25, 0.3) is 0 Å². The molecule has 0 atom stereocenters. The van der Waals surface area contributed by atoms with Gasteiger partial charge in [0.25, 0.3) is 5.91 Å². The Balaban J connectivity index is 1.14. The Kier molecular flexibility index (Phi) is 9.25. The van der Waals surface area contributed by atoms with E-state index >= 15 is 0 Å². The van der Waals surface area contributed by atoms with Crippen molar-refractivity contribution < 1.29 is 14.3 Å². The minimum Gasteiger partial charge on any atom is -0.492 e. The summed E-state index contributed by atoms with van der Waals surface area (Å²) in [6, 6.07) is 14.6. The SMILES string of the molecule is O=C(c1cnc(N2CCOCC2)nc1)N1CCC2(CCCCc3ccccc3OCCN(Cc3ccccn3)C2)CC1. The number of para-hydroxylation sites is 1. The van der Waals surface area contributed by atoms with Gasteiger partial charge < -0.3 is 19.3 Å². The van der Waals surface area contributed by atoms with Gasteiger partial charge in [-0.2, -0.15) is 0 Å². The number of morpholine rings is 1. The minimum absolute atomic E-state index is 0.0295. The molecule has 3 aliphatic rings. The summed E-state index contributed by atoms with van der Waals surface area (Å²) in [5.41, 5.74) is 3.09. The van der Waals surface area contributed by atoms with Gasteiger partial charge in [0.2, 0.25) is 5.95 Å². The summed E-state index contributed by atoms with van der Waals surface area (Å²) in [7, 11) is 0. The number of nitrogens with zero attached hydrogens (tertiary/aromatic N) is 6. The Hall–Kier alpha value is -3.56. The Labute approximate surface area is 248 Å². The molecule has 9 nitrogen and oxygen atoms in total. The summed E-state index contributed by atoms with van der Waals surface area (Å²) < 4.78 is 11.7. The fourth-order valence-electron chi connectivity index (χ4n) is 6.57. The van der Waals surface area contributed by atoms with Crippen LogP contribution in [0.5, 0.6) is 5.75 Å². The number of ether oxygens (including phenoxy) is 2. The molecule has 42 heavy (non-hydrogen) atoms. The second-order valence-electron chi connectivity index (χ2n) is 11.9. The number of aryl methyl sites for hydroxylation is 1. The normalized spacial score (nSPS) is 20.2. The first-order valence-electron chi connectivity index (χ1n) is 15.4. The highest BCUT2D eigenvalue weighted by atomic mass is 16.5. The zero-order valence-corrected chi connectivity index (χ0v) is 24.5. The molecule has 2 aromatic heterocycles. The molecule has 3 aromatic rings. The van der Waals surface area contributed by atoms with E-state index in [9.17, 15) is 4.79 Å². The number of amides is 1. The Bertz CT molecular complexity index is 1290. The van der Waals surface area contributed by atoms with E-state index in [4.69, 9.17) is 9.47 Å². The van der Waals surface area contributed by atoms with Crippen LogP contribution < -0.4 is 9.64 Å². The number of hydrogen-bond acceptors (Lipinski definition) is 8. The zero-order valence-electron chi connectivity index (χ0n) is 24.5.